The normalized spacial score (nSPS) is 20.6. The van der Waals surface area contributed by atoms with Gasteiger partial charge >= 0.3 is 0 Å². The Labute approximate surface area is 108 Å². The number of nitrogens with one attached hydrogen (secondary N) is 2. The van der Waals surface area contributed by atoms with Crippen LogP contribution >= 0.6 is 0 Å². The molecule has 2 rings (SSSR count). The molecule has 2 N–H and O–H groups in total. The molecule has 0 atom stereocenters. The minimum atomic E-state index is -0.0512. The van der Waals surface area contributed by atoms with Crippen molar-refractivity contribution in [2.75, 3.05) is 32.7 Å². The number of carbonyl (C=O) groups is 2. The van der Waals surface area contributed by atoms with E-state index in [9.17, 15) is 9.59 Å². The van der Waals surface area contributed by atoms with Crippen molar-refractivity contribution in [2.45, 2.75) is 25.7 Å². The molecule has 0 bridgehead atoms. The van der Waals surface area contributed by atoms with Crippen LogP contribution in [0.5, 0.6) is 0 Å². The molecular weight excluding hydrogens is 230 g/mol. The second-order valence-electron chi connectivity index (χ2n) is 4.87. The van der Waals surface area contributed by atoms with Gasteiger partial charge in [0.05, 0.1) is 6.54 Å². The minimum absolute atomic E-state index is 0.0512. The summed E-state index contributed by atoms with van der Waals surface area (Å²) >= 11 is 0. The van der Waals surface area contributed by atoms with Gasteiger partial charge in [-0.1, -0.05) is 11.6 Å². The van der Waals surface area contributed by atoms with Gasteiger partial charge in [-0.15, -0.1) is 0 Å². The van der Waals surface area contributed by atoms with Crippen LogP contribution in [-0.2, 0) is 9.59 Å². The van der Waals surface area contributed by atoms with Gasteiger partial charge in [-0.25, -0.2) is 0 Å². The second-order valence-corrected chi connectivity index (χ2v) is 4.87. The minimum Gasteiger partial charge on any atom is -0.351 e. The molecule has 18 heavy (non-hydrogen) atoms. The number of likely N-dealkylation sites (tertiary alicyclic amines) is 1. The Morgan fingerprint density at radius 2 is 2.28 bits per heavy atom. The van der Waals surface area contributed by atoms with Crippen molar-refractivity contribution >= 4 is 11.8 Å². The summed E-state index contributed by atoms with van der Waals surface area (Å²) in [6, 6.07) is 0. The molecule has 0 aromatic carbocycles. The summed E-state index contributed by atoms with van der Waals surface area (Å²) in [5.74, 6) is 0.0576. The van der Waals surface area contributed by atoms with Crippen molar-refractivity contribution in [3.63, 3.8) is 0 Å². The molecule has 0 saturated carbocycles. The van der Waals surface area contributed by atoms with E-state index >= 15 is 0 Å². The summed E-state index contributed by atoms with van der Waals surface area (Å²) in [4.78, 5) is 25.0. The molecule has 5 nitrogen and oxygen atoms in total. The van der Waals surface area contributed by atoms with Crippen LogP contribution in [0.15, 0.2) is 11.6 Å². The molecule has 0 aliphatic carbocycles. The van der Waals surface area contributed by atoms with Gasteiger partial charge in [0.2, 0.25) is 11.8 Å². The molecule has 100 valence electrons. The predicted octanol–water partition coefficient (Wildman–Crippen LogP) is 0.0348. The van der Waals surface area contributed by atoms with Crippen molar-refractivity contribution < 1.29 is 9.59 Å². The maximum Gasteiger partial charge on any atom is 0.239 e. The van der Waals surface area contributed by atoms with E-state index in [1.54, 1.807) is 4.90 Å². The highest BCUT2D eigenvalue weighted by Gasteiger charge is 2.20. The molecule has 0 unspecified atom stereocenters. The van der Waals surface area contributed by atoms with Crippen LogP contribution in [0.3, 0.4) is 0 Å². The highest BCUT2D eigenvalue weighted by molar-refractivity contribution is 5.85. The zero-order valence-electron chi connectivity index (χ0n) is 10.7. The summed E-state index contributed by atoms with van der Waals surface area (Å²) in [5.41, 5.74) is 1.27. The molecular formula is C13H21N3O2. The maximum atomic E-state index is 11.8. The van der Waals surface area contributed by atoms with E-state index in [0.717, 1.165) is 38.9 Å². The molecule has 2 heterocycles. The van der Waals surface area contributed by atoms with Crippen LogP contribution in [0.1, 0.15) is 25.7 Å². The van der Waals surface area contributed by atoms with Crippen LogP contribution in [0, 0.1) is 0 Å². The molecule has 0 spiro atoms. The molecule has 1 fully saturated rings. The Balaban J connectivity index is 1.71. The zero-order chi connectivity index (χ0) is 12.8. The molecule has 2 aliphatic heterocycles. The monoisotopic (exact) mass is 251 g/mol. The second kappa shape index (κ2) is 6.54. The molecule has 0 radical (unpaired) electrons. The number of amides is 2. The van der Waals surface area contributed by atoms with E-state index in [-0.39, 0.29) is 18.4 Å². The molecule has 2 aliphatic rings. The lowest BCUT2D eigenvalue weighted by Crippen LogP contribution is -2.43. The van der Waals surface area contributed by atoms with Gasteiger partial charge in [0.25, 0.3) is 0 Å². The molecule has 1 saturated heterocycles. The van der Waals surface area contributed by atoms with E-state index in [2.05, 4.69) is 16.7 Å². The van der Waals surface area contributed by atoms with Crippen LogP contribution in [0.25, 0.3) is 0 Å². The smallest absolute Gasteiger partial charge is 0.239 e. The number of carbonyl (C=O) groups excluding carboxylic acids is 2. The lowest BCUT2D eigenvalue weighted by molar-refractivity contribution is -0.137. The summed E-state index contributed by atoms with van der Waals surface area (Å²) in [6.07, 6.45) is 5.66. The lowest BCUT2D eigenvalue weighted by atomic mass is 10.1. The highest BCUT2D eigenvalue weighted by Crippen LogP contribution is 2.09. The van der Waals surface area contributed by atoms with Crippen molar-refractivity contribution in [2.24, 2.45) is 0 Å². The van der Waals surface area contributed by atoms with Crippen LogP contribution in [-0.4, -0.2) is 49.4 Å². The zero-order valence-corrected chi connectivity index (χ0v) is 10.7. The van der Waals surface area contributed by atoms with E-state index in [4.69, 9.17) is 0 Å². The molecule has 5 heteroatoms. The SMILES string of the molecule is O=C(CN1CCCCC1=O)NCC1=CCNCC1. The lowest BCUT2D eigenvalue weighted by Gasteiger charge is -2.26. The largest absolute Gasteiger partial charge is 0.351 e. The number of hydrogen-bond acceptors (Lipinski definition) is 3. The third kappa shape index (κ3) is 3.84. The quantitative estimate of drug-likeness (QED) is 0.693. The van der Waals surface area contributed by atoms with Gasteiger partial charge in [0.15, 0.2) is 0 Å². The summed E-state index contributed by atoms with van der Waals surface area (Å²) in [5, 5.41) is 6.12. The standard InChI is InChI=1S/C13H21N3O2/c17-12(10-16-8-2-1-3-13(16)18)15-9-11-4-6-14-7-5-11/h4,14H,1-3,5-10H2,(H,15,17). The van der Waals surface area contributed by atoms with Crippen molar-refractivity contribution in [1.29, 1.82) is 0 Å². The molecule has 2 amide bonds. The summed E-state index contributed by atoms with van der Waals surface area (Å²) in [6.45, 7) is 3.41. The van der Waals surface area contributed by atoms with Gasteiger partial charge in [0, 0.05) is 26.1 Å². The van der Waals surface area contributed by atoms with E-state index in [1.807, 2.05) is 0 Å². The van der Waals surface area contributed by atoms with E-state index in [1.165, 1.54) is 5.57 Å². The Morgan fingerprint density at radius 1 is 1.39 bits per heavy atom. The van der Waals surface area contributed by atoms with Crippen molar-refractivity contribution in [3.05, 3.63) is 11.6 Å². The fourth-order valence-electron chi connectivity index (χ4n) is 2.30. The van der Waals surface area contributed by atoms with Crippen molar-refractivity contribution in [1.82, 2.24) is 15.5 Å². The highest BCUT2D eigenvalue weighted by atomic mass is 16.2. The fraction of sp³-hybridized carbons (Fsp3) is 0.692. The first kappa shape index (κ1) is 13.1. The summed E-state index contributed by atoms with van der Waals surface area (Å²) < 4.78 is 0. The third-order valence-electron chi connectivity index (χ3n) is 3.43. The van der Waals surface area contributed by atoms with Crippen LogP contribution in [0.2, 0.25) is 0 Å². The van der Waals surface area contributed by atoms with E-state index < -0.39 is 0 Å². The van der Waals surface area contributed by atoms with Gasteiger partial charge < -0.3 is 15.5 Å². The number of rotatable bonds is 4. The summed E-state index contributed by atoms with van der Waals surface area (Å²) in [7, 11) is 0. The Kier molecular flexibility index (Phi) is 4.75. The average Bonchev–Trinajstić information content (AvgIpc) is 2.40. The maximum absolute atomic E-state index is 11.8. The Hall–Kier alpha value is -1.36. The first-order chi connectivity index (χ1) is 8.75. The van der Waals surface area contributed by atoms with Gasteiger partial charge in [0.1, 0.15) is 0 Å². The fourth-order valence-corrected chi connectivity index (χ4v) is 2.30. The van der Waals surface area contributed by atoms with Gasteiger partial charge in [-0.2, -0.15) is 0 Å². The first-order valence-corrected chi connectivity index (χ1v) is 6.69. The van der Waals surface area contributed by atoms with Crippen LogP contribution < -0.4 is 10.6 Å². The van der Waals surface area contributed by atoms with Gasteiger partial charge in [-0.05, 0) is 25.8 Å². The van der Waals surface area contributed by atoms with Crippen LogP contribution in [0.4, 0.5) is 0 Å². The average molecular weight is 251 g/mol. The predicted molar refractivity (Wildman–Crippen MR) is 69.0 cm³/mol. The third-order valence-corrected chi connectivity index (χ3v) is 3.43. The number of hydrogen-bond donors (Lipinski definition) is 2. The van der Waals surface area contributed by atoms with Crippen molar-refractivity contribution in [3.8, 4) is 0 Å². The van der Waals surface area contributed by atoms with Gasteiger partial charge in [-0.3, -0.25) is 9.59 Å². The Morgan fingerprint density at radius 3 is 3.00 bits per heavy atom. The van der Waals surface area contributed by atoms with E-state index in [0.29, 0.717) is 13.0 Å². The molecule has 0 aromatic heterocycles. The molecule has 0 aromatic rings. The first-order valence-electron chi connectivity index (χ1n) is 6.69. The number of nitrogens with zero attached hydrogens (tertiary/aromatic N) is 1. The Bertz CT molecular complexity index is 352. The number of piperidine rings is 1. The topological polar surface area (TPSA) is 61.4 Å².